The maximum absolute atomic E-state index is 12.3. The zero-order chi connectivity index (χ0) is 14.4. The van der Waals surface area contributed by atoms with E-state index in [0.717, 1.165) is 16.2 Å². The number of thiophene rings is 1. The fourth-order valence-electron chi connectivity index (χ4n) is 2.07. The molecule has 1 aliphatic heterocycles. The van der Waals surface area contributed by atoms with E-state index in [9.17, 15) is 14.4 Å². The van der Waals surface area contributed by atoms with Gasteiger partial charge < -0.3 is 5.11 Å². The van der Waals surface area contributed by atoms with E-state index in [1.807, 2.05) is 0 Å². The quantitative estimate of drug-likeness (QED) is 0.844. The lowest BCUT2D eigenvalue weighted by Gasteiger charge is -2.12. The monoisotopic (exact) mass is 351 g/mol. The number of imide groups is 1. The molecule has 7 heteroatoms. The van der Waals surface area contributed by atoms with Gasteiger partial charge >= 0.3 is 5.97 Å². The van der Waals surface area contributed by atoms with Crippen LogP contribution in [0.2, 0.25) is 0 Å². The number of benzene rings is 1. The second-order valence-electron chi connectivity index (χ2n) is 4.08. The SMILES string of the molecule is O=C(O)c1sccc1N1C(=O)c2ccc(Br)cc2C1=O. The van der Waals surface area contributed by atoms with Crippen molar-refractivity contribution < 1.29 is 19.5 Å². The number of halogens is 1. The highest BCUT2D eigenvalue weighted by Crippen LogP contribution is 2.34. The molecule has 2 amide bonds. The zero-order valence-corrected chi connectivity index (χ0v) is 12.2. The van der Waals surface area contributed by atoms with Crippen molar-refractivity contribution >= 4 is 50.7 Å². The largest absolute Gasteiger partial charge is 0.477 e. The molecule has 0 atom stereocenters. The van der Waals surface area contributed by atoms with Crippen LogP contribution in [0.5, 0.6) is 0 Å². The van der Waals surface area contributed by atoms with Crippen LogP contribution in [0.3, 0.4) is 0 Å². The second kappa shape index (κ2) is 4.53. The maximum atomic E-state index is 12.3. The highest BCUT2D eigenvalue weighted by Gasteiger charge is 2.38. The third-order valence-electron chi connectivity index (χ3n) is 2.93. The van der Waals surface area contributed by atoms with Crippen LogP contribution < -0.4 is 4.90 Å². The molecule has 0 unspecified atom stereocenters. The van der Waals surface area contributed by atoms with Gasteiger partial charge in [0.2, 0.25) is 0 Å². The van der Waals surface area contributed by atoms with Gasteiger partial charge in [0.25, 0.3) is 11.8 Å². The third-order valence-corrected chi connectivity index (χ3v) is 4.31. The molecule has 20 heavy (non-hydrogen) atoms. The van der Waals surface area contributed by atoms with Crippen molar-refractivity contribution in [3.05, 3.63) is 50.1 Å². The van der Waals surface area contributed by atoms with E-state index >= 15 is 0 Å². The molecule has 3 rings (SSSR count). The Morgan fingerprint density at radius 3 is 2.55 bits per heavy atom. The molecule has 0 spiro atoms. The van der Waals surface area contributed by atoms with E-state index in [-0.39, 0.29) is 21.7 Å². The highest BCUT2D eigenvalue weighted by atomic mass is 79.9. The number of hydrogen-bond acceptors (Lipinski definition) is 4. The molecule has 2 heterocycles. The summed E-state index contributed by atoms with van der Waals surface area (Å²) >= 11 is 4.22. The fourth-order valence-corrected chi connectivity index (χ4v) is 3.15. The first kappa shape index (κ1) is 13.0. The lowest BCUT2D eigenvalue weighted by molar-refractivity contribution is 0.0703. The molecular weight excluding hydrogens is 346 g/mol. The van der Waals surface area contributed by atoms with E-state index < -0.39 is 17.8 Å². The first-order valence-electron chi connectivity index (χ1n) is 5.50. The van der Waals surface area contributed by atoms with Crippen molar-refractivity contribution in [1.82, 2.24) is 0 Å². The van der Waals surface area contributed by atoms with Gasteiger partial charge in [0.1, 0.15) is 4.88 Å². The molecule has 1 aromatic carbocycles. The first-order valence-corrected chi connectivity index (χ1v) is 7.17. The molecule has 0 aliphatic carbocycles. The number of nitrogens with zero attached hydrogens (tertiary/aromatic N) is 1. The van der Waals surface area contributed by atoms with Crippen molar-refractivity contribution in [1.29, 1.82) is 0 Å². The van der Waals surface area contributed by atoms with Gasteiger partial charge in [-0.3, -0.25) is 9.59 Å². The lowest BCUT2D eigenvalue weighted by atomic mass is 10.1. The van der Waals surface area contributed by atoms with Crippen LogP contribution in [0.25, 0.3) is 0 Å². The summed E-state index contributed by atoms with van der Waals surface area (Å²) in [7, 11) is 0. The molecule has 1 aliphatic rings. The number of rotatable bonds is 2. The van der Waals surface area contributed by atoms with E-state index in [1.54, 1.807) is 18.2 Å². The summed E-state index contributed by atoms with van der Waals surface area (Å²) in [5.74, 6) is -2.17. The molecule has 5 nitrogen and oxygen atoms in total. The average Bonchev–Trinajstić information content (AvgIpc) is 2.95. The number of aromatic carboxylic acids is 1. The number of carbonyl (C=O) groups is 3. The van der Waals surface area contributed by atoms with Gasteiger partial charge in [-0.25, -0.2) is 9.69 Å². The maximum Gasteiger partial charge on any atom is 0.348 e. The summed E-state index contributed by atoms with van der Waals surface area (Å²) in [6, 6.07) is 6.24. The van der Waals surface area contributed by atoms with Crippen LogP contribution in [-0.4, -0.2) is 22.9 Å². The minimum Gasteiger partial charge on any atom is -0.477 e. The topological polar surface area (TPSA) is 74.7 Å². The summed E-state index contributed by atoms with van der Waals surface area (Å²) < 4.78 is 0.683. The molecule has 100 valence electrons. The molecule has 0 saturated carbocycles. The average molecular weight is 352 g/mol. The Morgan fingerprint density at radius 2 is 1.85 bits per heavy atom. The molecule has 2 aromatic rings. The number of carboxylic acids is 1. The third kappa shape index (κ3) is 1.78. The van der Waals surface area contributed by atoms with Crippen LogP contribution in [0.1, 0.15) is 30.4 Å². The Kier molecular flexibility index (Phi) is 2.95. The van der Waals surface area contributed by atoms with Gasteiger partial charge in [-0.05, 0) is 29.6 Å². The van der Waals surface area contributed by atoms with Crippen LogP contribution >= 0.6 is 27.3 Å². The highest BCUT2D eigenvalue weighted by molar-refractivity contribution is 9.10. The molecular formula is C13H6BrNO4S. The van der Waals surface area contributed by atoms with E-state index in [2.05, 4.69) is 15.9 Å². The normalized spacial score (nSPS) is 13.8. The zero-order valence-electron chi connectivity index (χ0n) is 9.79. The summed E-state index contributed by atoms with van der Waals surface area (Å²) in [5, 5.41) is 10.6. The number of anilines is 1. The Bertz CT molecular complexity index is 767. The van der Waals surface area contributed by atoms with Gasteiger partial charge in [0.15, 0.2) is 0 Å². The molecule has 0 radical (unpaired) electrons. The van der Waals surface area contributed by atoms with Crippen LogP contribution in [0.4, 0.5) is 5.69 Å². The number of fused-ring (bicyclic) bond motifs is 1. The van der Waals surface area contributed by atoms with Gasteiger partial charge in [-0.15, -0.1) is 11.3 Å². The molecule has 0 bridgehead atoms. The Balaban J connectivity index is 2.14. The van der Waals surface area contributed by atoms with Crippen molar-refractivity contribution in [2.75, 3.05) is 4.90 Å². The van der Waals surface area contributed by atoms with Crippen molar-refractivity contribution in [3.63, 3.8) is 0 Å². The van der Waals surface area contributed by atoms with Crippen molar-refractivity contribution in [3.8, 4) is 0 Å². The minimum absolute atomic E-state index is 0.0291. The first-order chi connectivity index (χ1) is 9.50. The van der Waals surface area contributed by atoms with E-state index in [4.69, 9.17) is 5.11 Å². The van der Waals surface area contributed by atoms with Gasteiger partial charge in [0, 0.05) is 4.47 Å². The fraction of sp³-hybridized carbons (Fsp3) is 0. The molecule has 0 fully saturated rings. The Labute approximate surface area is 125 Å². The summed E-state index contributed by atoms with van der Waals surface area (Å²) in [6.07, 6.45) is 0. The van der Waals surface area contributed by atoms with E-state index in [0.29, 0.717) is 4.47 Å². The van der Waals surface area contributed by atoms with Gasteiger partial charge in [-0.2, -0.15) is 0 Å². The summed E-state index contributed by atoms with van der Waals surface area (Å²) in [6.45, 7) is 0. The van der Waals surface area contributed by atoms with Crippen molar-refractivity contribution in [2.45, 2.75) is 0 Å². The molecule has 0 saturated heterocycles. The lowest BCUT2D eigenvalue weighted by Crippen LogP contribution is -2.30. The van der Waals surface area contributed by atoms with Crippen LogP contribution in [0.15, 0.2) is 34.1 Å². The number of carboxylic acid groups (broad SMARTS) is 1. The Morgan fingerprint density at radius 1 is 1.15 bits per heavy atom. The number of amides is 2. The summed E-state index contributed by atoms with van der Waals surface area (Å²) in [5.41, 5.74) is 0.664. The number of hydrogen-bond donors (Lipinski definition) is 1. The minimum atomic E-state index is -1.16. The summed E-state index contributed by atoms with van der Waals surface area (Å²) in [4.78, 5) is 36.6. The standard InChI is InChI=1S/C13H6BrNO4S/c14-6-1-2-7-8(5-6)12(17)15(11(7)16)9-3-4-20-10(9)13(18)19/h1-5H,(H,18,19). The second-order valence-corrected chi connectivity index (χ2v) is 5.91. The van der Waals surface area contributed by atoms with Crippen LogP contribution in [-0.2, 0) is 0 Å². The van der Waals surface area contributed by atoms with Gasteiger partial charge in [-0.1, -0.05) is 15.9 Å². The number of carbonyl (C=O) groups excluding carboxylic acids is 2. The predicted octanol–water partition coefficient (Wildman–Crippen LogP) is 3.01. The van der Waals surface area contributed by atoms with Crippen molar-refractivity contribution in [2.24, 2.45) is 0 Å². The van der Waals surface area contributed by atoms with Crippen LogP contribution in [0, 0.1) is 0 Å². The van der Waals surface area contributed by atoms with Gasteiger partial charge in [0.05, 0.1) is 16.8 Å². The molecule has 1 aromatic heterocycles. The predicted molar refractivity (Wildman–Crippen MR) is 76.6 cm³/mol. The molecule has 1 N–H and O–H groups in total. The van der Waals surface area contributed by atoms with E-state index in [1.165, 1.54) is 11.4 Å². The Hall–Kier alpha value is -1.99. The smallest absolute Gasteiger partial charge is 0.348 e.